The van der Waals surface area contributed by atoms with Gasteiger partial charge < -0.3 is 10.4 Å². The second-order valence-electron chi connectivity index (χ2n) is 3.74. The highest BCUT2D eigenvalue weighted by Crippen LogP contribution is 2.27. The summed E-state index contributed by atoms with van der Waals surface area (Å²) >= 11 is 12.5. The lowest BCUT2D eigenvalue weighted by molar-refractivity contribution is 0.102. The molecule has 2 N–H and O–H groups in total. The molecule has 0 saturated carbocycles. The first-order chi connectivity index (χ1) is 8.97. The van der Waals surface area contributed by atoms with E-state index in [1.165, 1.54) is 6.07 Å². The predicted molar refractivity (Wildman–Crippen MR) is 82.9 cm³/mol. The summed E-state index contributed by atoms with van der Waals surface area (Å²) in [4.78, 5) is 12.0. The lowest BCUT2D eigenvalue weighted by atomic mass is 10.2. The van der Waals surface area contributed by atoms with E-state index in [0.29, 0.717) is 15.2 Å². The molecule has 0 aliphatic rings. The van der Waals surface area contributed by atoms with Gasteiger partial charge in [-0.25, -0.2) is 0 Å². The van der Waals surface area contributed by atoms with Crippen LogP contribution in [0.5, 0.6) is 5.75 Å². The van der Waals surface area contributed by atoms with Crippen LogP contribution in [-0.2, 0) is 0 Å². The Morgan fingerprint density at radius 1 is 1.16 bits per heavy atom. The van der Waals surface area contributed by atoms with Crippen molar-refractivity contribution in [2.45, 2.75) is 0 Å². The molecule has 2 aromatic carbocycles. The van der Waals surface area contributed by atoms with Crippen molar-refractivity contribution < 1.29 is 9.90 Å². The maximum absolute atomic E-state index is 12.0. The largest absolute Gasteiger partial charge is 0.507 e. The molecule has 0 radical (unpaired) electrons. The summed E-state index contributed by atoms with van der Waals surface area (Å²) < 4.78 is 1.46. The SMILES string of the molecule is O=C(Nc1ccc(Br)c(Cl)c1)c1cc(Br)ccc1O. The third-order valence-electron chi connectivity index (χ3n) is 2.38. The van der Waals surface area contributed by atoms with Gasteiger partial charge in [0, 0.05) is 14.6 Å². The van der Waals surface area contributed by atoms with E-state index < -0.39 is 5.91 Å². The number of benzene rings is 2. The Kier molecular flexibility index (Phi) is 4.50. The molecule has 98 valence electrons. The Labute approximate surface area is 131 Å². The molecule has 0 bridgehead atoms. The molecule has 19 heavy (non-hydrogen) atoms. The number of carbonyl (C=O) groups excluding carboxylic acids is 1. The summed E-state index contributed by atoms with van der Waals surface area (Å²) in [7, 11) is 0. The maximum Gasteiger partial charge on any atom is 0.259 e. The van der Waals surface area contributed by atoms with Crippen LogP contribution in [0.15, 0.2) is 45.3 Å². The average molecular weight is 405 g/mol. The fourth-order valence-corrected chi connectivity index (χ4v) is 2.25. The number of rotatable bonds is 2. The molecule has 0 unspecified atom stereocenters. The zero-order chi connectivity index (χ0) is 14.0. The Hall–Kier alpha value is -1.04. The number of nitrogens with one attached hydrogen (secondary N) is 1. The van der Waals surface area contributed by atoms with E-state index in [4.69, 9.17) is 11.6 Å². The Morgan fingerprint density at radius 2 is 1.89 bits per heavy atom. The van der Waals surface area contributed by atoms with Gasteiger partial charge in [0.2, 0.25) is 0 Å². The van der Waals surface area contributed by atoms with Crippen LogP contribution in [0, 0.1) is 0 Å². The summed E-state index contributed by atoms with van der Waals surface area (Å²) in [6, 6.07) is 9.72. The molecule has 0 saturated heterocycles. The quantitative estimate of drug-likeness (QED) is 0.752. The highest BCUT2D eigenvalue weighted by molar-refractivity contribution is 9.10. The van der Waals surface area contributed by atoms with Crippen LogP contribution in [-0.4, -0.2) is 11.0 Å². The second kappa shape index (κ2) is 5.94. The standard InChI is InChI=1S/C13H8Br2ClNO2/c14-7-1-4-12(18)9(5-7)13(19)17-8-2-3-10(15)11(16)6-8/h1-6,18H,(H,17,19). The minimum Gasteiger partial charge on any atom is -0.507 e. The minimum atomic E-state index is -0.405. The van der Waals surface area contributed by atoms with Crippen molar-refractivity contribution >= 4 is 55.1 Å². The van der Waals surface area contributed by atoms with Gasteiger partial charge in [-0.2, -0.15) is 0 Å². The predicted octanol–water partition coefficient (Wildman–Crippen LogP) is 4.82. The molecule has 0 atom stereocenters. The van der Waals surface area contributed by atoms with Crippen LogP contribution >= 0.6 is 43.5 Å². The molecule has 0 aliphatic carbocycles. The Balaban J connectivity index is 2.25. The van der Waals surface area contributed by atoms with Gasteiger partial charge in [0.25, 0.3) is 5.91 Å². The fraction of sp³-hybridized carbons (Fsp3) is 0. The summed E-state index contributed by atoms with van der Waals surface area (Å²) in [6.45, 7) is 0. The van der Waals surface area contributed by atoms with Crippen molar-refractivity contribution in [2.24, 2.45) is 0 Å². The van der Waals surface area contributed by atoms with Crippen molar-refractivity contribution in [1.29, 1.82) is 0 Å². The van der Waals surface area contributed by atoms with E-state index >= 15 is 0 Å². The molecule has 0 heterocycles. The molecule has 0 fully saturated rings. The Bertz CT molecular complexity index is 647. The zero-order valence-corrected chi connectivity index (χ0v) is 13.4. The third-order valence-corrected chi connectivity index (χ3v) is 4.11. The summed E-state index contributed by atoms with van der Waals surface area (Å²) in [5.74, 6) is -0.485. The first-order valence-electron chi connectivity index (χ1n) is 5.22. The van der Waals surface area contributed by atoms with E-state index in [2.05, 4.69) is 37.2 Å². The number of hydrogen-bond acceptors (Lipinski definition) is 2. The summed E-state index contributed by atoms with van der Waals surface area (Å²) in [5.41, 5.74) is 0.742. The number of hydrogen-bond donors (Lipinski definition) is 2. The van der Waals surface area contributed by atoms with E-state index in [-0.39, 0.29) is 11.3 Å². The molecule has 0 aliphatic heterocycles. The van der Waals surface area contributed by atoms with Crippen molar-refractivity contribution in [1.82, 2.24) is 0 Å². The zero-order valence-electron chi connectivity index (χ0n) is 9.45. The van der Waals surface area contributed by atoms with E-state index in [0.717, 1.165) is 4.47 Å². The van der Waals surface area contributed by atoms with Gasteiger partial charge in [-0.1, -0.05) is 27.5 Å². The van der Waals surface area contributed by atoms with Crippen LogP contribution in [0.4, 0.5) is 5.69 Å². The molecule has 3 nitrogen and oxygen atoms in total. The summed E-state index contributed by atoms with van der Waals surface area (Å²) in [6.07, 6.45) is 0. The van der Waals surface area contributed by atoms with Crippen molar-refractivity contribution in [2.75, 3.05) is 5.32 Å². The van der Waals surface area contributed by atoms with Gasteiger partial charge >= 0.3 is 0 Å². The normalized spacial score (nSPS) is 10.3. The second-order valence-corrected chi connectivity index (χ2v) is 5.92. The van der Waals surface area contributed by atoms with Crippen molar-refractivity contribution in [3.63, 3.8) is 0 Å². The van der Waals surface area contributed by atoms with Gasteiger partial charge in [0.15, 0.2) is 0 Å². The first-order valence-corrected chi connectivity index (χ1v) is 7.18. The van der Waals surface area contributed by atoms with Crippen LogP contribution < -0.4 is 5.32 Å². The molecule has 0 aromatic heterocycles. The van der Waals surface area contributed by atoms with Crippen LogP contribution in [0.3, 0.4) is 0 Å². The molecule has 1 amide bonds. The Morgan fingerprint density at radius 3 is 2.58 bits per heavy atom. The molecule has 6 heteroatoms. The van der Waals surface area contributed by atoms with E-state index in [1.807, 2.05) is 0 Å². The monoisotopic (exact) mass is 403 g/mol. The fourth-order valence-electron chi connectivity index (χ4n) is 1.46. The molecule has 0 spiro atoms. The lowest BCUT2D eigenvalue weighted by Crippen LogP contribution is -2.12. The number of phenolic OH excluding ortho intramolecular Hbond substituents is 1. The molecular formula is C13H8Br2ClNO2. The minimum absolute atomic E-state index is 0.0797. The molecular weight excluding hydrogens is 397 g/mol. The number of halogens is 3. The first kappa shape index (κ1) is 14.4. The van der Waals surface area contributed by atoms with Gasteiger partial charge in [0.1, 0.15) is 5.75 Å². The number of aromatic hydroxyl groups is 1. The van der Waals surface area contributed by atoms with Gasteiger partial charge in [-0.15, -0.1) is 0 Å². The number of amides is 1. The molecule has 2 rings (SSSR count). The van der Waals surface area contributed by atoms with Gasteiger partial charge in [0.05, 0.1) is 10.6 Å². The average Bonchev–Trinajstić information content (AvgIpc) is 2.36. The van der Waals surface area contributed by atoms with Crippen LogP contribution in [0.25, 0.3) is 0 Å². The van der Waals surface area contributed by atoms with Crippen LogP contribution in [0.2, 0.25) is 5.02 Å². The topological polar surface area (TPSA) is 49.3 Å². The van der Waals surface area contributed by atoms with Gasteiger partial charge in [-0.05, 0) is 52.3 Å². The third kappa shape index (κ3) is 3.49. The molecule has 2 aromatic rings. The van der Waals surface area contributed by atoms with E-state index in [1.54, 1.807) is 30.3 Å². The smallest absolute Gasteiger partial charge is 0.259 e. The lowest BCUT2D eigenvalue weighted by Gasteiger charge is -2.08. The van der Waals surface area contributed by atoms with E-state index in [9.17, 15) is 9.90 Å². The highest BCUT2D eigenvalue weighted by Gasteiger charge is 2.12. The number of carbonyl (C=O) groups is 1. The van der Waals surface area contributed by atoms with Crippen molar-refractivity contribution in [3.05, 3.63) is 55.9 Å². The maximum atomic E-state index is 12.0. The van der Waals surface area contributed by atoms with Gasteiger partial charge in [-0.3, -0.25) is 4.79 Å². The van der Waals surface area contributed by atoms with Crippen molar-refractivity contribution in [3.8, 4) is 5.75 Å². The highest BCUT2D eigenvalue weighted by atomic mass is 79.9. The van der Waals surface area contributed by atoms with Crippen LogP contribution in [0.1, 0.15) is 10.4 Å². The number of anilines is 1. The number of phenols is 1. The summed E-state index contributed by atoms with van der Waals surface area (Å²) in [5, 5.41) is 12.8.